The molecule has 3 N–H and O–H groups in total. The fourth-order valence-electron chi connectivity index (χ4n) is 1.40. The van der Waals surface area contributed by atoms with E-state index in [2.05, 4.69) is 25.8 Å². The number of aromatic nitrogens is 3. The first-order valence-electron chi connectivity index (χ1n) is 6.13. The number of carboxylic acids is 1. The monoisotopic (exact) mass is 327 g/mol. The third-order valence-electron chi connectivity index (χ3n) is 2.39. The van der Waals surface area contributed by atoms with E-state index < -0.39 is 5.97 Å². The van der Waals surface area contributed by atoms with E-state index in [0.29, 0.717) is 23.1 Å². The smallest absolute Gasteiger partial charge is 0.355 e. The fourth-order valence-corrected chi connectivity index (χ4v) is 2.84. The van der Waals surface area contributed by atoms with Crippen LogP contribution in [0.1, 0.15) is 27.4 Å². The maximum Gasteiger partial charge on any atom is 0.355 e. The van der Waals surface area contributed by atoms with Crippen LogP contribution in [-0.2, 0) is 12.8 Å². The molecule has 0 atom stereocenters. The summed E-state index contributed by atoms with van der Waals surface area (Å²) in [6, 6.07) is -0.371. The van der Waals surface area contributed by atoms with Gasteiger partial charge >= 0.3 is 12.0 Å². The van der Waals surface area contributed by atoms with Crippen LogP contribution in [0.2, 0.25) is 0 Å². The van der Waals surface area contributed by atoms with E-state index >= 15 is 0 Å². The summed E-state index contributed by atoms with van der Waals surface area (Å²) in [7, 11) is 0. The normalized spacial score (nSPS) is 10.3. The zero-order valence-corrected chi connectivity index (χ0v) is 12.8. The summed E-state index contributed by atoms with van der Waals surface area (Å²) in [5, 5.41) is 25.2. The average molecular weight is 327 g/mol. The molecule has 2 aromatic heterocycles. The number of carbonyl (C=O) groups excluding carboxylic acids is 1. The minimum Gasteiger partial charge on any atom is -0.476 e. The van der Waals surface area contributed by atoms with Crippen molar-refractivity contribution in [3.05, 3.63) is 21.1 Å². The molecular formula is C11H13N5O3S2. The highest BCUT2D eigenvalue weighted by molar-refractivity contribution is 7.15. The second-order valence-corrected chi connectivity index (χ2v) is 5.92. The molecule has 0 fully saturated rings. The number of anilines is 1. The number of aryl methyl sites for hydroxylation is 1. The van der Waals surface area contributed by atoms with Crippen molar-refractivity contribution < 1.29 is 14.7 Å². The van der Waals surface area contributed by atoms with Crippen molar-refractivity contribution in [1.29, 1.82) is 0 Å². The third-order valence-corrected chi connectivity index (χ3v) is 4.28. The second-order valence-electron chi connectivity index (χ2n) is 3.92. The minimum absolute atomic E-state index is 0.0282. The van der Waals surface area contributed by atoms with Crippen LogP contribution in [0.3, 0.4) is 0 Å². The Morgan fingerprint density at radius 3 is 2.76 bits per heavy atom. The number of amides is 2. The maximum absolute atomic E-state index is 11.6. The first kappa shape index (κ1) is 15.3. The maximum atomic E-state index is 11.6. The molecule has 0 saturated carbocycles. The molecule has 0 aliphatic rings. The zero-order chi connectivity index (χ0) is 15.2. The highest BCUT2D eigenvalue weighted by Crippen LogP contribution is 2.15. The topological polar surface area (TPSA) is 117 Å². The molecule has 2 aromatic rings. The van der Waals surface area contributed by atoms with E-state index in [1.165, 1.54) is 28.1 Å². The first-order chi connectivity index (χ1) is 10.1. The predicted octanol–water partition coefficient (Wildman–Crippen LogP) is 1.62. The fraction of sp³-hybridized carbons (Fsp3) is 0.364. The van der Waals surface area contributed by atoms with Crippen LogP contribution in [0.25, 0.3) is 0 Å². The zero-order valence-electron chi connectivity index (χ0n) is 11.1. The van der Waals surface area contributed by atoms with Crippen LogP contribution < -0.4 is 10.6 Å². The molecule has 0 aliphatic heterocycles. The quantitative estimate of drug-likeness (QED) is 0.742. The van der Waals surface area contributed by atoms with Gasteiger partial charge in [-0.15, -0.1) is 21.5 Å². The number of nitrogens with one attached hydrogen (secondary N) is 2. The molecule has 0 unspecified atom stereocenters. The first-order valence-corrected chi connectivity index (χ1v) is 7.83. The van der Waals surface area contributed by atoms with Gasteiger partial charge in [0.05, 0.1) is 5.01 Å². The number of carbonyl (C=O) groups is 2. The molecule has 0 radical (unpaired) electrons. The molecule has 0 aliphatic carbocycles. The van der Waals surface area contributed by atoms with Crippen molar-refractivity contribution in [2.24, 2.45) is 0 Å². The summed E-state index contributed by atoms with van der Waals surface area (Å²) in [6.45, 7) is 2.32. The number of rotatable bonds is 6. The number of hydrogen-bond donors (Lipinski definition) is 3. The van der Waals surface area contributed by atoms with Gasteiger partial charge in [-0.25, -0.2) is 14.6 Å². The number of nitrogens with zero attached hydrogens (tertiary/aromatic N) is 3. The van der Waals surface area contributed by atoms with Crippen LogP contribution in [-0.4, -0.2) is 38.8 Å². The molecule has 0 spiro atoms. The van der Waals surface area contributed by atoms with Crippen LogP contribution in [0.15, 0.2) is 5.38 Å². The summed E-state index contributed by atoms with van der Waals surface area (Å²) in [6.07, 6.45) is 1.25. The van der Waals surface area contributed by atoms with Gasteiger partial charge in [0.1, 0.15) is 5.01 Å². The van der Waals surface area contributed by atoms with Gasteiger partial charge in [-0.3, -0.25) is 5.32 Å². The molecule has 8 nitrogen and oxygen atoms in total. The van der Waals surface area contributed by atoms with E-state index in [-0.39, 0.29) is 11.7 Å². The van der Waals surface area contributed by atoms with Crippen LogP contribution >= 0.6 is 22.7 Å². The van der Waals surface area contributed by atoms with Crippen molar-refractivity contribution in [3.63, 3.8) is 0 Å². The lowest BCUT2D eigenvalue weighted by atomic mass is 10.4. The van der Waals surface area contributed by atoms with Gasteiger partial charge < -0.3 is 10.4 Å². The van der Waals surface area contributed by atoms with Gasteiger partial charge in [-0.1, -0.05) is 18.3 Å². The largest absolute Gasteiger partial charge is 0.476 e. The Labute approximate surface area is 128 Å². The van der Waals surface area contributed by atoms with Gasteiger partial charge in [0.25, 0.3) is 0 Å². The molecule has 2 heterocycles. The van der Waals surface area contributed by atoms with Crippen molar-refractivity contribution in [1.82, 2.24) is 20.5 Å². The predicted molar refractivity (Wildman–Crippen MR) is 79.1 cm³/mol. The van der Waals surface area contributed by atoms with Crippen molar-refractivity contribution >= 4 is 39.8 Å². The third kappa shape index (κ3) is 4.46. The lowest BCUT2D eigenvalue weighted by Crippen LogP contribution is -2.30. The molecule has 0 aromatic carbocycles. The standard InChI is InChI=1S/C11H13N5O3S2/c1-2-7-15-16-11(21-7)14-10(19)12-4-3-8-13-6(5-20-8)9(17)18/h5H,2-4H2,1H3,(H,17,18)(H2,12,14,16,19). The molecule has 0 saturated heterocycles. The Morgan fingerprint density at radius 1 is 1.33 bits per heavy atom. The molecule has 21 heavy (non-hydrogen) atoms. The summed E-state index contributed by atoms with van der Waals surface area (Å²) in [4.78, 5) is 26.2. The van der Waals surface area contributed by atoms with Crippen LogP contribution in [0.4, 0.5) is 9.93 Å². The molecule has 2 amide bonds. The van der Waals surface area contributed by atoms with Crippen LogP contribution in [0, 0.1) is 0 Å². The SMILES string of the molecule is CCc1nnc(NC(=O)NCCc2nc(C(=O)O)cs2)s1. The average Bonchev–Trinajstić information content (AvgIpc) is 3.07. The summed E-state index contributed by atoms with van der Waals surface area (Å²) in [5.74, 6) is -1.05. The Kier molecular flexibility index (Phi) is 5.17. The Morgan fingerprint density at radius 2 is 2.14 bits per heavy atom. The van der Waals surface area contributed by atoms with Gasteiger partial charge in [0.2, 0.25) is 5.13 Å². The number of carboxylic acid groups (broad SMARTS) is 1. The number of urea groups is 1. The Balaban J connectivity index is 1.74. The highest BCUT2D eigenvalue weighted by Gasteiger charge is 2.09. The Bertz CT molecular complexity index is 639. The summed E-state index contributed by atoms with van der Waals surface area (Å²) in [5.41, 5.74) is 0.0282. The van der Waals surface area contributed by atoms with E-state index in [9.17, 15) is 9.59 Å². The minimum atomic E-state index is -1.05. The van der Waals surface area contributed by atoms with E-state index in [1.807, 2.05) is 6.92 Å². The van der Waals surface area contributed by atoms with Gasteiger partial charge in [-0.2, -0.15) is 0 Å². The molecule has 10 heteroatoms. The summed E-state index contributed by atoms with van der Waals surface area (Å²) < 4.78 is 0. The lowest BCUT2D eigenvalue weighted by molar-refractivity contribution is 0.0691. The molecular weight excluding hydrogens is 314 g/mol. The Hall–Kier alpha value is -2.07. The van der Waals surface area contributed by atoms with Crippen molar-refractivity contribution in [3.8, 4) is 0 Å². The number of aromatic carboxylic acids is 1. The van der Waals surface area contributed by atoms with Gasteiger partial charge in [0.15, 0.2) is 5.69 Å². The highest BCUT2D eigenvalue weighted by atomic mass is 32.1. The number of hydrogen-bond acceptors (Lipinski definition) is 7. The van der Waals surface area contributed by atoms with E-state index in [0.717, 1.165) is 11.4 Å². The van der Waals surface area contributed by atoms with Gasteiger partial charge in [-0.05, 0) is 6.42 Å². The lowest BCUT2D eigenvalue weighted by Gasteiger charge is -2.03. The summed E-state index contributed by atoms with van der Waals surface area (Å²) >= 11 is 2.58. The molecule has 2 rings (SSSR count). The van der Waals surface area contributed by atoms with Crippen molar-refractivity contribution in [2.75, 3.05) is 11.9 Å². The van der Waals surface area contributed by atoms with E-state index in [4.69, 9.17) is 5.11 Å². The number of thiazole rings is 1. The van der Waals surface area contributed by atoms with Crippen molar-refractivity contribution in [2.45, 2.75) is 19.8 Å². The molecule has 0 bridgehead atoms. The molecule has 112 valence electrons. The van der Waals surface area contributed by atoms with Gasteiger partial charge in [0, 0.05) is 18.3 Å². The second kappa shape index (κ2) is 7.09. The van der Waals surface area contributed by atoms with E-state index in [1.54, 1.807) is 0 Å². The van der Waals surface area contributed by atoms with Crippen LogP contribution in [0.5, 0.6) is 0 Å².